The van der Waals surface area contributed by atoms with Crippen LogP contribution in [0.5, 0.6) is 0 Å². The predicted molar refractivity (Wildman–Crippen MR) is 73.1 cm³/mol. The molecule has 1 aromatic carbocycles. The first kappa shape index (κ1) is 12.2. The van der Waals surface area contributed by atoms with Crippen molar-refractivity contribution >= 4 is 0 Å². The Kier molecular flexibility index (Phi) is 3.40. The van der Waals surface area contributed by atoms with Crippen molar-refractivity contribution < 1.29 is 4.74 Å². The molecule has 0 aliphatic heterocycles. The highest BCUT2D eigenvalue weighted by atomic mass is 16.5. The molecule has 0 saturated heterocycles. The van der Waals surface area contributed by atoms with E-state index in [-0.39, 0.29) is 0 Å². The fourth-order valence-corrected chi connectivity index (χ4v) is 3.69. The second kappa shape index (κ2) is 5.02. The molecule has 2 unspecified atom stereocenters. The topological polar surface area (TPSA) is 35.2 Å². The average Bonchev–Trinajstić information content (AvgIpc) is 2.45. The Hall–Kier alpha value is -0.860. The Balaban J connectivity index is 1.60. The monoisotopic (exact) mass is 245 g/mol. The number of ether oxygens (including phenoxy) is 1. The van der Waals surface area contributed by atoms with Gasteiger partial charge in [-0.3, -0.25) is 0 Å². The van der Waals surface area contributed by atoms with E-state index in [4.69, 9.17) is 10.5 Å². The van der Waals surface area contributed by atoms with Gasteiger partial charge in [0.25, 0.3) is 0 Å². The number of hydrogen-bond donors (Lipinski definition) is 1. The lowest BCUT2D eigenvalue weighted by Gasteiger charge is -2.56. The van der Waals surface area contributed by atoms with E-state index in [0.29, 0.717) is 17.6 Å². The lowest BCUT2D eigenvalue weighted by molar-refractivity contribution is -0.149. The van der Waals surface area contributed by atoms with Gasteiger partial charge in [-0.25, -0.2) is 0 Å². The zero-order valence-corrected chi connectivity index (χ0v) is 11.0. The van der Waals surface area contributed by atoms with E-state index in [1.54, 1.807) is 0 Å². The third-order valence-electron chi connectivity index (χ3n) is 4.93. The summed E-state index contributed by atoms with van der Waals surface area (Å²) in [4.78, 5) is 0. The van der Waals surface area contributed by atoms with Crippen molar-refractivity contribution in [2.75, 3.05) is 0 Å². The fraction of sp³-hybridized carbons (Fsp3) is 0.625. The molecular weight excluding hydrogens is 222 g/mol. The zero-order valence-electron chi connectivity index (χ0n) is 11.0. The van der Waals surface area contributed by atoms with Crippen LogP contribution >= 0.6 is 0 Å². The molecule has 1 aromatic rings. The van der Waals surface area contributed by atoms with Gasteiger partial charge >= 0.3 is 0 Å². The minimum atomic E-state index is 0.313. The maximum absolute atomic E-state index is 6.27. The molecule has 2 saturated carbocycles. The van der Waals surface area contributed by atoms with Crippen molar-refractivity contribution in [3.63, 3.8) is 0 Å². The fourth-order valence-electron chi connectivity index (χ4n) is 3.69. The number of nitrogens with two attached hydrogens (primary N) is 1. The van der Waals surface area contributed by atoms with E-state index in [9.17, 15) is 0 Å². The van der Waals surface area contributed by atoms with E-state index in [1.165, 1.54) is 37.7 Å². The largest absolute Gasteiger partial charge is 0.373 e. The molecule has 2 nitrogen and oxygen atoms in total. The molecule has 2 heteroatoms. The first-order valence-corrected chi connectivity index (χ1v) is 7.22. The third kappa shape index (κ3) is 2.08. The maximum Gasteiger partial charge on any atom is 0.0720 e. The van der Waals surface area contributed by atoms with Gasteiger partial charge in [0.1, 0.15) is 0 Å². The Labute approximate surface area is 110 Å². The zero-order chi connectivity index (χ0) is 12.4. The highest BCUT2D eigenvalue weighted by Gasteiger charge is 2.53. The molecule has 0 amide bonds. The van der Waals surface area contributed by atoms with Crippen LogP contribution < -0.4 is 5.73 Å². The predicted octanol–water partition coefficient (Wildman–Crippen LogP) is 3.25. The molecule has 2 atom stereocenters. The quantitative estimate of drug-likeness (QED) is 0.887. The van der Waals surface area contributed by atoms with Crippen LogP contribution in [0.4, 0.5) is 0 Å². The standard InChI is InChI=1S/C16H23NO/c17-14-11-15(16(14)9-5-2-6-10-16)18-12-13-7-3-1-4-8-13/h1,3-4,7-8,14-15H,2,5-6,9-12,17H2. The van der Waals surface area contributed by atoms with Gasteiger partial charge in [0.15, 0.2) is 0 Å². The molecule has 1 spiro atoms. The molecular formula is C16H23NO. The Morgan fingerprint density at radius 3 is 2.50 bits per heavy atom. The first-order valence-electron chi connectivity index (χ1n) is 7.22. The second-order valence-electron chi connectivity index (χ2n) is 5.92. The lowest BCUT2D eigenvalue weighted by Crippen LogP contribution is -2.62. The van der Waals surface area contributed by atoms with Crippen LogP contribution in [0.1, 0.15) is 44.1 Å². The van der Waals surface area contributed by atoms with Gasteiger partial charge in [-0.15, -0.1) is 0 Å². The summed E-state index contributed by atoms with van der Waals surface area (Å²) >= 11 is 0. The van der Waals surface area contributed by atoms with E-state index >= 15 is 0 Å². The van der Waals surface area contributed by atoms with Gasteiger partial charge in [-0.05, 0) is 24.8 Å². The number of rotatable bonds is 3. The minimum absolute atomic E-state index is 0.313. The molecule has 0 aromatic heterocycles. The lowest BCUT2D eigenvalue weighted by atomic mass is 9.55. The molecule has 98 valence electrons. The Morgan fingerprint density at radius 1 is 1.11 bits per heavy atom. The second-order valence-corrected chi connectivity index (χ2v) is 5.92. The smallest absolute Gasteiger partial charge is 0.0720 e. The Morgan fingerprint density at radius 2 is 1.83 bits per heavy atom. The van der Waals surface area contributed by atoms with E-state index in [2.05, 4.69) is 24.3 Å². The minimum Gasteiger partial charge on any atom is -0.373 e. The van der Waals surface area contributed by atoms with Crippen LogP contribution in [0.15, 0.2) is 30.3 Å². The number of benzene rings is 1. The highest BCUT2D eigenvalue weighted by Crippen LogP contribution is 2.52. The molecule has 0 bridgehead atoms. The molecule has 18 heavy (non-hydrogen) atoms. The molecule has 0 heterocycles. The summed E-state index contributed by atoms with van der Waals surface area (Å²) in [5.74, 6) is 0. The molecule has 2 fully saturated rings. The average molecular weight is 245 g/mol. The summed E-state index contributed by atoms with van der Waals surface area (Å²) in [6.07, 6.45) is 8.03. The van der Waals surface area contributed by atoms with Gasteiger partial charge in [0, 0.05) is 11.5 Å². The van der Waals surface area contributed by atoms with Gasteiger partial charge < -0.3 is 10.5 Å². The summed E-state index contributed by atoms with van der Waals surface area (Å²) < 4.78 is 6.15. The highest BCUT2D eigenvalue weighted by molar-refractivity contribution is 5.14. The molecule has 2 aliphatic rings. The van der Waals surface area contributed by atoms with Crippen LogP contribution in [0.25, 0.3) is 0 Å². The van der Waals surface area contributed by atoms with E-state index in [0.717, 1.165) is 13.0 Å². The van der Waals surface area contributed by atoms with Gasteiger partial charge in [-0.2, -0.15) is 0 Å². The summed E-state index contributed by atoms with van der Waals surface area (Å²) in [6.45, 7) is 0.736. The summed E-state index contributed by atoms with van der Waals surface area (Å²) in [7, 11) is 0. The van der Waals surface area contributed by atoms with Crippen molar-refractivity contribution in [2.45, 2.75) is 57.3 Å². The van der Waals surface area contributed by atoms with E-state index < -0.39 is 0 Å². The van der Waals surface area contributed by atoms with Crippen LogP contribution in [-0.4, -0.2) is 12.1 Å². The molecule has 3 rings (SSSR count). The Bertz CT molecular complexity index is 383. The molecule has 2 aliphatic carbocycles. The number of hydrogen-bond acceptors (Lipinski definition) is 2. The van der Waals surface area contributed by atoms with Crippen LogP contribution in [0.3, 0.4) is 0 Å². The normalized spacial score (nSPS) is 30.1. The molecule has 2 N–H and O–H groups in total. The van der Waals surface area contributed by atoms with Crippen LogP contribution in [0, 0.1) is 5.41 Å². The summed E-state index contributed by atoms with van der Waals surface area (Å²) in [5.41, 5.74) is 7.85. The summed E-state index contributed by atoms with van der Waals surface area (Å²) in [6, 6.07) is 10.8. The maximum atomic E-state index is 6.27. The van der Waals surface area contributed by atoms with Crippen LogP contribution in [0.2, 0.25) is 0 Å². The van der Waals surface area contributed by atoms with Gasteiger partial charge in [0.05, 0.1) is 12.7 Å². The SMILES string of the molecule is NC1CC(OCc2ccccc2)C12CCCCC2. The van der Waals surface area contributed by atoms with Gasteiger partial charge in [0.2, 0.25) is 0 Å². The van der Waals surface area contributed by atoms with Crippen molar-refractivity contribution in [3.8, 4) is 0 Å². The van der Waals surface area contributed by atoms with Crippen molar-refractivity contribution in [2.24, 2.45) is 11.1 Å². The van der Waals surface area contributed by atoms with Crippen molar-refractivity contribution in [1.82, 2.24) is 0 Å². The third-order valence-corrected chi connectivity index (χ3v) is 4.93. The summed E-state index contributed by atoms with van der Waals surface area (Å²) in [5, 5.41) is 0. The van der Waals surface area contributed by atoms with Crippen LogP contribution in [-0.2, 0) is 11.3 Å². The first-order chi connectivity index (χ1) is 8.81. The van der Waals surface area contributed by atoms with Gasteiger partial charge in [-0.1, -0.05) is 49.6 Å². The van der Waals surface area contributed by atoms with Crippen molar-refractivity contribution in [3.05, 3.63) is 35.9 Å². The van der Waals surface area contributed by atoms with Crippen molar-refractivity contribution in [1.29, 1.82) is 0 Å². The molecule has 0 radical (unpaired) electrons. The van der Waals surface area contributed by atoms with E-state index in [1.807, 2.05) is 6.07 Å².